The number of hydrogen-bond acceptors (Lipinski definition) is 4. The van der Waals surface area contributed by atoms with Crippen LogP contribution in [0, 0.1) is 11.3 Å². The van der Waals surface area contributed by atoms with Crippen LogP contribution < -0.4 is 10.1 Å². The Morgan fingerprint density at radius 2 is 1.59 bits per heavy atom. The molecule has 1 saturated heterocycles. The molecule has 0 bridgehead atoms. The quantitative estimate of drug-likeness (QED) is 0.677. The molecule has 2 amide bonds. The zero-order valence-electron chi connectivity index (χ0n) is 19.6. The highest BCUT2D eigenvalue weighted by molar-refractivity contribution is 5.94. The molecular formula is C26H35N3O3. The SMILES string of the molecule is CN(C)CC(C)(C)CNC(=O)C1CCN(C(=O)c2ccc(Oc3ccccc3)cc2)CC1. The van der Waals surface area contributed by atoms with E-state index >= 15 is 0 Å². The monoisotopic (exact) mass is 437 g/mol. The van der Waals surface area contributed by atoms with Crippen LogP contribution >= 0.6 is 0 Å². The minimum atomic E-state index is -0.0316. The fourth-order valence-electron chi connectivity index (χ4n) is 4.20. The number of piperidine rings is 1. The minimum absolute atomic E-state index is 0.00207. The molecular weight excluding hydrogens is 402 g/mol. The van der Waals surface area contributed by atoms with E-state index in [-0.39, 0.29) is 23.1 Å². The molecule has 0 spiro atoms. The number of carbonyl (C=O) groups is 2. The lowest BCUT2D eigenvalue weighted by molar-refractivity contribution is -0.126. The molecule has 6 heteroatoms. The van der Waals surface area contributed by atoms with Crippen molar-refractivity contribution in [3.05, 3.63) is 60.2 Å². The first kappa shape index (κ1) is 23.8. The predicted octanol–water partition coefficient (Wildman–Crippen LogP) is 4.04. The van der Waals surface area contributed by atoms with E-state index in [1.54, 1.807) is 12.1 Å². The molecule has 1 fully saturated rings. The van der Waals surface area contributed by atoms with Gasteiger partial charge in [-0.1, -0.05) is 32.0 Å². The van der Waals surface area contributed by atoms with E-state index in [9.17, 15) is 9.59 Å². The van der Waals surface area contributed by atoms with Gasteiger partial charge in [0.15, 0.2) is 0 Å². The van der Waals surface area contributed by atoms with Crippen molar-refractivity contribution in [3.63, 3.8) is 0 Å². The second-order valence-corrected chi connectivity index (χ2v) is 9.63. The first-order chi connectivity index (χ1) is 15.2. The highest BCUT2D eigenvalue weighted by atomic mass is 16.5. The summed E-state index contributed by atoms with van der Waals surface area (Å²) in [6, 6.07) is 16.8. The molecule has 0 aliphatic carbocycles. The number of nitrogens with zero attached hydrogens (tertiary/aromatic N) is 2. The molecule has 0 aromatic heterocycles. The summed E-state index contributed by atoms with van der Waals surface area (Å²) in [5, 5.41) is 3.12. The summed E-state index contributed by atoms with van der Waals surface area (Å²) in [6.07, 6.45) is 1.39. The van der Waals surface area contributed by atoms with E-state index in [0.29, 0.717) is 43.8 Å². The Bertz CT molecular complexity index is 886. The van der Waals surface area contributed by atoms with E-state index in [4.69, 9.17) is 4.74 Å². The number of para-hydroxylation sites is 1. The van der Waals surface area contributed by atoms with Crippen molar-refractivity contribution in [1.29, 1.82) is 0 Å². The van der Waals surface area contributed by atoms with Crippen LogP contribution in [0.25, 0.3) is 0 Å². The lowest BCUT2D eigenvalue weighted by Crippen LogP contribution is -2.46. The molecule has 0 atom stereocenters. The van der Waals surface area contributed by atoms with Crippen LogP contribution in [-0.4, -0.2) is 61.9 Å². The van der Waals surface area contributed by atoms with E-state index < -0.39 is 0 Å². The van der Waals surface area contributed by atoms with Crippen LogP contribution in [0.15, 0.2) is 54.6 Å². The maximum Gasteiger partial charge on any atom is 0.253 e. The smallest absolute Gasteiger partial charge is 0.253 e. The third-order valence-corrected chi connectivity index (χ3v) is 5.72. The van der Waals surface area contributed by atoms with Crippen molar-refractivity contribution in [2.45, 2.75) is 26.7 Å². The van der Waals surface area contributed by atoms with Gasteiger partial charge in [-0.3, -0.25) is 9.59 Å². The summed E-state index contributed by atoms with van der Waals surface area (Å²) < 4.78 is 5.79. The lowest BCUT2D eigenvalue weighted by atomic mass is 9.91. The maximum atomic E-state index is 12.9. The summed E-state index contributed by atoms with van der Waals surface area (Å²) in [6.45, 7) is 7.08. The Balaban J connectivity index is 1.47. The van der Waals surface area contributed by atoms with Crippen molar-refractivity contribution < 1.29 is 14.3 Å². The van der Waals surface area contributed by atoms with Gasteiger partial charge in [0.1, 0.15) is 11.5 Å². The summed E-state index contributed by atoms with van der Waals surface area (Å²) in [4.78, 5) is 29.5. The molecule has 0 unspecified atom stereocenters. The first-order valence-electron chi connectivity index (χ1n) is 11.3. The summed E-state index contributed by atoms with van der Waals surface area (Å²) in [5.74, 6) is 1.53. The second-order valence-electron chi connectivity index (χ2n) is 9.63. The van der Waals surface area contributed by atoms with E-state index in [2.05, 4.69) is 24.1 Å². The number of benzene rings is 2. The standard InChI is InChI=1S/C26H35N3O3/c1-26(2,19-28(3)4)18-27-24(30)20-14-16-29(17-15-20)25(31)21-10-12-23(13-11-21)32-22-8-6-5-7-9-22/h5-13,20H,14-19H2,1-4H3,(H,27,30). The molecule has 0 saturated carbocycles. The number of likely N-dealkylation sites (tertiary alicyclic amines) is 1. The fourth-order valence-corrected chi connectivity index (χ4v) is 4.20. The van der Waals surface area contributed by atoms with E-state index in [1.165, 1.54) is 0 Å². The zero-order chi connectivity index (χ0) is 23.1. The van der Waals surface area contributed by atoms with Crippen LogP contribution in [-0.2, 0) is 4.79 Å². The maximum absolute atomic E-state index is 12.9. The van der Waals surface area contributed by atoms with Crippen LogP contribution in [0.3, 0.4) is 0 Å². The average molecular weight is 438 g/mol. The molecule has 32 heavy (non-hydrogen) atoms. The van der Waals surface area contributed by atoms with Crippen molar-refractivity contribution in [3.8, 4) is 11.5 Å². The van der Waals surface area contributed by atoms with Crippen LogP contribution in [0.5, 0.6) is 11.5 Å². The predicted molar refractivity (Wildman–Crippen MR) is 127 cm³/mol. The molecule has 1 N–H and O–H groups in total. The van der Waals surface area contributed by atoms with Gasteiger partial charge in [-0.2, -0.15) is 0 Å². The summed E-state index contributed by atoms with van der Waals surface area (Å²) in [5.41, 5.74) is 0.658. The molecule has 2 aromatic rings. The van der Waals surface area contributed by atoms with Crippen LogP contribution in [0.4, 0.5) is 0 Å². The van der Waals surface area contributed by atoms with Crippen molar-refractivity contribution in [1.82, 2.24) is 15.1 Å². The Morgan fingerprint density at radius 1 is 1.00 bits per heavy atom. The number of nitrogens with one attached hydrogen (secondary N) is 1. The molecule has 6 nitrogen and oxygen atoms in total. The van der Waals surface area contributed by atoms with Gasteiger partial charge in [0.2, 0.25) is 5.91 Å². The molecule has 1 heterocycles. The molecule has 2 aromatic carbocycles. The van der Waals surface area contributed by atoms with Gasteiger partial charge in [0.25, 0.3) is 5.91 Å². The zero-order valence-corrected chi connectivity index (χ0v) is 19.6. The second kappa shape index (κ2) is 10.6. The highest BCUT2D eigenvalue weighted by Gasteiger charge is 2.29. The van der Waals surface area contributed by atoms with Crippen LogP contribution in [0.2, 0.25) is 0 Å². The van der Waals surface area contributed by atoms with Crippen molar-refractivity contribution >= 4 is 11.8 Å². The van der Waals surface area contributed by atoms with Gasteiger partial charge in [0.05, 0.1) is 0 Å². The largest absolute Gasteiger partial charge is 0.457 e. The topological polar surface area (TPSA) is 61.9 Å². The number of ether oxygens (including phenoxy) is 1. The molecule has 0 radical (unpaired) electrons. The van der Waals surface area contributed by atoms with Gasteiger partial charge in [-0.05, 0) is 68.8 Å². The fraction of sp³-hybridized carbons (Fsp3) is 0.462. The van der Waals surface area contributed by atoms with Gasteiger partial charge in [-0.15, -0.1) is 0 Å². The number of hydrogen-bond donors (Lipinski definition) is 1. The Kier molecular flexibility index (Phi) is 7.91. The summed E-state index contributed by atoms with van der Waals surface area (Å²) in [7, 11) is 4.08. The Labute approximate surface area is 191 Å². The normalized spacial score (nSPS) is 15.0. The van der Waals surface area contributed by atoms with Gasteiger partial charge >= 0.3 is 0 Å². The van der Waals surface area contributed by atoms with Crippen LogP contribution in [0.1, 0.15) is 37.0 Å². The van der Waals surface area contributed by atoms with Gasteiger partial charge in [0, 0.05) is 37.7 Å². The number of rotatable bonds is 8. The average Bonchev–Trinajstić information content (AvgIpc) is 2.77. The van der Waals surface area contributed by atoms with Crippen molar-refractivity contribution in [2.24, 2.45) is 11.3 Å². The third-order valence-electron chi connectivity index (χ3n) is 5.72. The number of amides is 2. The number of carbonyl (C=O) groups excluding carboxylic acids is 2. The first-order valence-corrected chi connectivity index (χ1v) is 11.3. The van der Waals surface area contributed by atoms with E-state index in [1.807, 2.05) is 61.5 Å². The molecule has 1 aliphatic heterocycles. The molecule has 172 valence electrons. The Morgan fingerprint density at radius 3 is 2.19 bits per heavy atom. The molecule has 3 rings (SSSR count). The van der Waals surface area contributed by atoms with Gasteiger partial charge < -0.3 is 19.9 Å². The minimum Gasteiger partial charge on any atom is -0.457 e. The molecule has 1 aliphatic rings. The summed E-state index contributed by atoms with van der Waals surface area (Å²) >= 11 is 0. The highest BCUT2D eigenvalue weighted by Crippen LogP contribution is 2.24. The van der Waals surface area contributed by atoms with E-state index in [0.717, 1.165) is 12.3 Å². The Hall–Kier alpha value is -2.86. The van der Waals surface area contributed by atoms with Gasteiger partial charge in [-0.25, -0.2) is 0 Å². The van der Waals surface area contributed by atoms with Crippen molar-refractivity contribution in [2.75, 3.05) is 40.3 Å². The lowest BCUT2D eigenvalue weighted by Gasteiger charge is -2.33. The third kappa shape index (κ3) is 6.82.